The number of aryl methyl sites for hydroxylation is 1. The van der Waals surface area contributed by atoms with Gasteiger partial charge in [-0.05, 0) is 47.5 Å². The van der Waals surface area contributed by atoms with E-state index in [1.165, 1.54) is 11.3 Å². The number of hydrogen-bond donors (Lipinski definition) is 1. The van der Waals surface area contributed by atoms with Gasteiger partial charge in [0.25, 0.3) is 0 Å². The summed E-state index contributed by atoms with van der Waals surface area (Å²) in [5, 5.41) is 7.92. The predicted molar refractivity (Wildman–Crippen MR) is 90.2 cm³/mol. The van der Waals surface area contributed by atoms with Crippen LogP contribution in [0.4, 0.5) is 4.79 Å². The normalized spacial score (nSPS) is 18.1. The first-order valence-corrected chi connectivity index (χ1v) is 8.30. The third kappa shape index (κ3) is 4.70. The summed E-state index contributed by atoms with van der Waals surface area (Å²) in [6.07, 6.45) is 3.56. The van der Waals surface area contributed by atoms with Crippen molar-refractivity contribution >= 4 is 6.09 Å². The number of rotatable bonds is 3. The third-order valence-corrected chi connectivity index (χ3v) is 4.56. The minimum Gasteiger partial charge on any atom is -0.444 e. The SMILES string of the molecule is Cc1c(CNC2(C)CCN(C(=O)OC(C)(C)C)CC2)cnn1C. The largest absolute Gasteiger partial charge is 0.444 e. The molecule has 0 aromatic carbocycles. The van der Waals surface area contributed by atoms with E-state index in [4.69, 9.17) is 4.74 Å². The van der Waals surface area contributed by atoms with Crippen molar-refractivity contribution in [2.24, 2.45) is 7.05 Å². The van der Waals surface area contributed by atoms with Crippen molar-refractivity contribution in [3.63, 3.8) is 0 Å². The van der Waals surface area contributed by atoms with Crippen LogP contribution < -0.4 is 5.32 Å². The molecule has 0 spiro atoms. The predicted octanol–water partition coefficient (Wildman–Crippen LogP) is 2.61. The zero-order chi connectivity index (χ0) is 17.3. The Hall–Kier alpha value is -1.56. The number of carbonyl (C=O) groups excluding carboxylic acids is 1. The maximum Gasteiger partial charge on any atom is 0.410 e. The summed E-state index contributed by atoms with van der Waals surface area (Å²) in [4.78, 5) is 13.9. The molecule has 1 saturated heterocycles. The number of hydrogen-bond acceptors (Lipinski definition) is 4. The fourth-order valence-corrected chi connectivity index (χ4v) is 2.71. The van der Waals surface area contributed by atoms with Crippen molar-refractivity contribution in [2.75, 3.05) is 13.1 Å². The van der Waals surface area contributed by atoms with E-state index in [-0.39, 0.29) is 11.6 Å². The number of aromatic nitrogens is 2. The Morgan fingerprint density at radius 1 is 1.39 bits per heavy atom. The van der Waals surface area contributed by atoms with E-state index in [9.17, 15) is 4.79 Å². The van der Waals surface area contributed by atoms with E-state index in [1.807, 2.05) is 43.6 Å². The molecule has 1 aliphatic heterocycles. The highest BCUT2D eigenvalue weighted by Crippen LogP contribution is 2.24. The third-order valence-electron chi connectivity index (χ3n) is 4.56. The van der Waals surface area contributed by atoms with E-state index >= 15 is 0 Å². The van der Waals surface area contributed by atoms with Gasteiger partial charge in [0.05, 0.1) is 6.20 Å². The molecule has 130 valence electrons. The first kappa shape index (κ1) is 17.8. The van der Waals surface area contributed by atoms with E-state index in [1.54, 1.807) is 0 Å². The van der Waals surface area contributed by atoms with Crippen LogP contribution in [-0.4, -0.2) is 45.0 Å². The number of likely N-dealkylation sites (tertiary alicyclic amines) is 1. The summed E-state index contributed by atoms with van der Waals surface area (Å²) >= 11 is 0. The molecule has 0 atom stereocenters. The van der Waals surface area contributed by atoms with Gasteiger partial charge in [-0.2, -0.15) is 5.10 Å². The van der Waals surface area contributed by atoms with E-state index in [0.717, 1.165) is 32.5 Å². The van der Waals surface area contributed by atoms with Gasteiger partial charge < -0.3 is 15.0 Å². The first-order valence-electron chi connectivity index (χ1n) is 8.30. The molecule has 1 aromatic heterocycles. The standard InChI is InChI=1S/C17H30N4O2/c1-13-14(12-19-20(13)6)11-18-17(5)7-9-21(10-8-17)15(22)23-16(2,3)4/h12,18H,7-11H2,1-6H3. The van der Waals surface area contributed by atoms with Crippen LogP contribution >= 0.6 is 0 Å². The number of amides is 1. The Labute approximate surface area is 139 Å². The molecule has 6 heteroatoms. The van der Waals surface area contributed by atoms with Crippen LogP contribution in [0.15, 0.2) is 6.20 Å². The monoisotopic (exact) mass is 322 g/mol. The van der Waals surface area contributed by atoms with Gasteiger partial charge in [-0.15, -0.1) is 0 Å². The van der Waals surface area contributed by atoms with Gasteiger partial charge in [0.2, 0.25) is 0 Å². The highest BCUT2D eigenvalue weighted by Gasteiger charge is 2.33. The summed E-state index contributed by atoms with van der Waals surface area (Å²) < 4.78 is 7.34. The Morgan fingerprint density at radius 3 is 2.48 bits per heavy atom. The Balaban J connectivity index is 1.85. The lowest BCUT2D eigenvalue weighted by atomic mass is 9.89. The highest BCUT2D eigenvalue weighted by atomic mass is 16.6. The van der Waals surface area contributed by atoms with Crippen molar-refractivity contribution in [3.8, 4) is 0 Å². The average Bonchev–Trinajstić information content (AvgIpc) is 2.75. The molecule has 0 unspecified atom stereocenters. The second-order valence-electron chi connectivity index (χ2n) is 7.76. The van der Waals surface area contributed by atoms with E-state index in [0.29, 0.717) is 0 Å². The van der Waals surface area contributed by atoms with Gasteiger partial charge in [-0.25, -0.2) is 4.79 Å². The molecule has 0 saturated carbocycles. The number of ether oxygens (including phenoxy) is 1. The van der Waals surface area contributed by atoms with Crippen LogP contribution in [0.1, 0.15) is 51.8 Å². The first-order chi connectivity index (χ1) is 10.6. The second-order valence-corrected chi connectivity index (χ2v) is 7.76. The number of piperidine rings is 1. The van der Waals surface area contributed by atoms with Gasteiger partial charge in [0.15, 0.2) is 0 Å². The van der Waals surface area contributed by atoms with Gasteiger partial charge >= 0.3 is 6.09 Å². The average molecular weight is 322 g/mol. The molecule has 0 bridgehead atoms. The summed E-state index contributed by atoms with van der Waals surface area (Å²) in [5.74, 6) is 0. The molecule has 1 N–H and O–H groups in total. The number of nitrogens with one attached hydrogen (secondary N) is 1. The quantitative estimate of drug-likeness (QED) is 0.929. The van der Waals surface area contributed by atoms with Gasteiger partial charge in [-0.3, -0.25) is 4.68 Å². The van der Waals surface area contributed by atoms with Crippen molar-refractivity contribution in [2.45, 2.75) is 65.1 Å². The Kier molecular flexibility index (Phi) is 5.04. The maximum atomic E-state index is 12.1. The van der Waals surface area contributed by atoms with Gasteiger partial charge in [0.1, 0.15) is 5.60 Å². The van der Waals surface area contributed by atoms with E-state index < -0.39 is 5.60 Å². The number of carbonyl (C=O) groups is 1. The smallest absolute Gasteiger partial charge is 0.410 e. The summed E-state index contributed by atoms with van der Waals surface area (Å²) in [6, 6.07) is 0. The Morgan fingerprint density at radius 2 is 2.00 bits per heavy atom. The topological polar surface area (TPSA) is 59.4 Å². The minimum atomic E-state index is -0.437. The van der Waals surface area contributed by atoms with Crippen LogP contribution in [0, 0.1) is 6.92 Å². The van der Waals surface area contributed by atoms with Crippen LogP contribution in [0.25, 0.3) is 0 Å². The lowest BCUT2D eigenvalue weighted by Gasteiger charge is -2.40. The lowest BCUT2D eigenvalue weighted by molar-refractivity contribution is 0.0156. The van der Waals surface area contributed by atoms with Crippen molar-refractivity contribution in [1.82, 2.24) is 20.0 Å². The Bertz CT molecular complexity index is 551. The van der Waals surface area contributed by atoms with Crippen LogP contribution in [0.5, 0.6) is 0 Å². The molecular formula is C17H30N4O2. The fourth-order valence-electron chi connectivity index (χ4n) is 2.71. The van der Waals surface area contributed by atoms with Crippen LogP contribution in [0.3, 0.4) is 0 Å². The summed E-state index contributed by atoms with van der Waals surface area (Å²) in [7, 11) is 1.96. The molecule has 1 aromatic rings. The molecule has 0 aliphatic carbocycles. The molecule has 6 nitrogen and oxygen atoms in total. The fraction of sp³-hybridized carbons (Fsp3) is 0.765. The summed E-state index contributed by atoms with van der Waals surface area (Å²) in [5.41, 5.74) is 2.02. The van der Waals surface area contributed by atoms with E-state index in [2.05, 4.69) is 24.3 Å². The zero-order valence-corrected chi connectivity index (χ0v) is 15.3. The molecule has 2 heterocycles. The highest BCUT2D eigenvalue weighted by molar-refractivity contribution is 5.68. The molecule has 2 rings (SSSR count). The maximum absolute atomic E-state index is 12.1. The van der Waals surface area contributed by atoms with Crippen molar-refractivity contribution in [3.05, 3.63) is 17.5 Å². The minimum absolute atomic E-state index is 0.0425. The number of nitrogens with zero attached hydrogens (tertiary/aromatic N) is 3. The second kappa shape index (κ2) is 6.51. The summed E-state index contributed by atoms with van der Waals surface area (Å²) in [6.45, 7) is 12.3. The van der Waals surface area contributed by atoms with Crippen molar-refractivity contribution in [1.29, 1.82) is 0 Å². The zero-order valence-electron chi connectivity index (χ0n) is 15.3. The molecule has 0 radical (unpaired) electrons. The lowest BCUT2D eigenvalue weighted by Crippen LogP contribution is -2.53. The molecule has 23 heavy (non-hydrogen) atoms. The van der Waals surface area contributed by atoms with Gasteiger partial charge in [0, 0.05) is 43.5 Å². The molecule has 1 fully saturated rings. The molecular weight excluding hydrogens is 292 g/mol. The van der Waals surface area contributed by atoms with Crippen LogP contribution in [0.2, 0.25) is 0 Å². The van der Waals surface area contributed by atoms with Crippen molar-refractivity contribution < 1.29 is 9.53 Å². The molecule has 1 aliphatic rings. The van der Waals surface area contributed by atoms with Crippen LogP contribution in [-0.2, 0) is 18.3 Å². The van der Waals surface area contributed by atoms with Gasteiger partial charge in [-0.1, -0.05) is 0 Å². The molecule has 1 amide bonds.